The van der Waals surface area contributed by atoms with Gasteiger partial charge in [-0.1, -0.05) is 24.3 Å². The van der Waals surface area contributed by atoms with Crippen LogP contribution in [-0.2, 0) is 0 Å². The highest BCUT2D eigenvalue weighted by molar-refractivity contribution is 6.18. The molecule has 0 aliphatic rings. The molecular formula is C28H29Cl2N5O3. The van der Waals surface area contributed by atoms with Crippen LogP contribution in [0, 0.1) is 0 Å². The number of hydrazine groups is 1. The Balaban J connectivity index is 1.53. The Bertz CT molecular complexity index is 1360. The summed E-state index contributed by atoms with van der Waals surface area (Å²) in [4.78, 5) is 19.6. The number of urea groups is 1. The van der Waals surface area contributed by atoms with E-state index in [2.05, 4.69) is 21.1 Å². The fraction of sp³-hybridized carbons (Fsp3) is 0.214. The maximum absolute atomic E-state index is 12.7. The molecule has 3 N–H and O–H groups in total. The minimum absolute atomic E-state index is 0.423. The SMILES string of the molecule is COc1cccc(OC)c1-c1cc(NNC(=O)Nc2ccc(N(CCCl)CCCl)cc2)c2ccccc2n1. The van der Waals surface area contributed by atoms with Gasteiger partial charge in [-0.25, -0.2) is 9.78 Å². The number of carbonyl (C=O) groups is 1. The molecule has 4 rings (SSSR count). The zero-order valence-corrected chi connectivity index (χ0v) is 22.6. The van der Waals surface area contributed by atoms with E-state index in [1.807, 2.05) is 72.8 Å². The van der Waals surface area contributed by atoms with Crippen LogP contribution in [0.2, 0.25) is 0 Å². The number of benzene rings is 3. The number of rotatable bonds is 11. The molecule has 0 bridgehead atoms. The van der Waals surface area contributed by atoms with E-state index in [1.54, 1.807) is 14.2 Å². The summed E-state index contributed by atoms with van der Waals surface area (Å²) in [6.07, 6.45) is 0. The van der Waals surface area contributed by atoms with Crippen LogP contribution in [0.25, 0.3) is 22.2 Å². The lowest BCUT2D eigenvalue weighted by Gasteiger charge is -2.23. The number of halogens is 2. The molecule has 0 radical (unpaired) electrons. The number of hydrogen-bond donors (Lipinski definition) is 3. The summed E-state index contributed by atoms with van der Waals surface area (Å²) in [5, 5.41) is 3.68. The van der Waals surface area contributed by atoms with Gasteiger partial charge in [-0.3, -0.25) is 10.9 Å². The molecular weight excluding hydrogens is 525 g/mol. The number of carbonyl (C=O) groups excluding carboxylic acids is 1. The Labute approximate surface area is 231 Å². The van der Waals surface area contributed by atoms with Crippen LogP contribution in [0.1, 0.15) is 0 Å². The fourth-order valence-corrected chi connectivity index (χ4v) is 4.53. The second-order valence-electron chi connectivity index (χ2n) is 8.23. The van der Waals surface area contributed by atoms with Crippen molar-refractivity contribution < 1.29 is 14.3 Å². The second-order valence-corrected chi connectivity index (χ2v) is 8.98. The van der Waals surface area contributed by atoms with Crippen LogP contribution in [0.4, 0.5) is 21.9 Å². The number of fused-ring (bicyclic) bond motifs is 1. The molecule has 8 nitrogen and oxygen atoms in total. The first-order chi connectivity index (χ1) is 18.6. The lowest BCUT2D eigenvalue weighted by Crippen LogP contribution is -2.33. The fourth-order valence-electron chi connectivity index (χ4n) is 4.13. The van der Waals surface area contributed by atoms with Gasteiger partial charge in [0.2, 0.25) is 0 Å². The Morgan fingerprint density at radius 1 is 0.895 bits per heavy atom. The summed E-state index contributed by atoms with van der Waals surface area (Å²) >= 11 is 11.8. The van der Waals surface area contributed by atoms with E-state index in [9.17, 15) is 4.79 Å². The summed E-state index contributed by atoms with van der Waals surface area (Å²) in [5.41, 5.74) is 10.1. The van der Waals surface area contributed by atoms with Crippen molar-refractivity contribution in [3.63, 3.8) is 0 Å². The molecule has 2 amide bonds. The molecule has 1 heterocycles. The number of aromatic nitrogens is 1. The third kappa shape index (κ3) is 6.33. The van der Waals surface area contributed by atoms with Crippen LogP contribution in [0.3, 0.4) is 0 Å². The van der Waals surface area contributed by atoms with Gasteiger partial charge in [0.1, 0.15) is 11.5 Å². The quantitative estimate of drug-likeness (QED) is 0.148. The minimum Gasteiger partial charge on any atom is -0.496 e. The van der Waals surface area contributed by atoms with Crippen molar-refractivity contribution in [2.75, 3.05) is 54.7 Å². The number of alkyl halides is 2. The number of nitrogens with zero attached hydrogens (tertiary/aromatic N) is 2. The molecule has 10 heteroatoms. The van der Waals surface area contributed by atoms with E-state index in [1.165, 1.54) is 0 Å². The minimum atomic E-state index is -0.423. The molecule has 0 spiro atoms. The third-order valence-corrected chi connectivity index (χ3v) is 6.25. The van der Waals surface area contributed by atoms with Crippen LogP contribution in [0.5, 0.6) is 11.5 Å². The van der Waals surface area contributed by atoms with Gasteiger partial charge in [-0.2, -0.15) is 0 Å². The first-order valence-corrected chi connectivity index (χ1v) is 13.1. The number of anilines is 3. The molecule has 38 heavy (non-hydrogen) atoms. The van der Waals surface area contributed by atoms with Crippen molar-refractivity contribution >= 4 is 57.2 Å². The largest absolute Gasteiger partial charge is 0.496 e. The second kappa shape index (κ2) is 13.1. The van der Waals surface area contributed by atoms with Gasteiger partial charge >= 0.3 is 6.03 Å². The highest BCUT2D eigenvalue weighted by Gasteiger charge is 2.16. The predicted octanol–water partition coefficient (Wildman–Crippen LogP) is 6.35. The standard InChI is InChI=1S/C28H29Cl2N5O3/c1-37-25-8-5-9-26(38-2)27(25)24-18-23(21-6-3-4-7-22(21)32-24)33-34-28(36)31-19-10-12-20(13-11-19)35(16-14-29)17-15-30/h3-13,18H,14-17H2,1-2H3,(H,32,33)(H2,31,34,36). The topological polar surface area (TPSA) is 87.8 Å². The number of amides is 2. The van der Waals surface area contributed by atoms with Gasteiger partial charge in [0.05, 0.1) is 36.7 Å². The van der Waals surface area contributed by atoms with Crippen LogP contribution in [-0.4, -0.2) is 50.1 Å². The molecule has 1 aromatic heterocycles. The molecule has 0 saturated carbocycles. The van der Waals surface area contributed by atoms with Crippen LogP contribution >= 0.6 is 23.2 Å². The number of nitrogens with one attached hydrogen (secondary N) is 3. The summed E-state index contributed by atoms with van der Waals surface area (Å²) in [7, 11) is 3.20. The van der Waals surface area contributed by atoms with E-state index < -0.39 is 6.03 Å². The van der Waals surface area contributed by atoms with Gasteiger partial charge in [0.15, 0.2) is 0 Å². The van der Waals surface area contributed by atoms with Gasteiger partial charge in [0, 0.05) is 41.6 Å². The van der Waals surface area contributed by atoms with Gasteiger partial charge < -0.3 is 19.7 Å². The highest BCUT2D eigenvalue weighted by atomic mass is 35.5. The van der Waals surface area contributed by atoms with Crippen molar-refractivity contribution in [3.05, 3.63) is 72.8 Å². The number of ether oxygens (including phenoxy) is 2. The average Bonchev–Trinajstić information content (AvgIpc) is 2.95. The lowest BCUT2D eigenvalue weighted by molar-refractivity contribution is 0.254. The normalized spacial score (nSPS) is 10.6. The summed E-state index contributed by atoms with van der Waals surface area (Å²) in [5.74, 6) is 2.26. The number of pyridine rings is 1. The maximum atomic E-state index is 12.7. The van der Waals surface area contributed by atoms with E-state index in [0.29, 0.717) is 59.0 Å². The van der Waals surface area contributed by atoms with Crippen molar-refractivity contribution in [1.82, 2.24) is 10.4 Å². The van der Waals surface area contributed by atoms with Crippen molar-refractivity contribution in [2.45, 2.75) is 0 Å². The lowest BCUT2D eigenvalue weighted by atomic mass is 10.1. The Hall–Kier alpha value is -3.88. The van der Waals surface area contributed by atoms with Gasteiger partial charge in [-0.15, -0.1) is 23.2 Å². The van der Waals surface area contributed by atoms with Crippen molar-refractivity contribution in [1.29, 1.82) is 0 Å². The number of hydrogen-bond acceptors (Lipinski definition) is 6. The molecule has 0 fully saturated rings. The molecule has 198 valence electrons. The molecule has 0 saturated heterocycles. The summed E-state index contributed by atoms with van der Waals surface area (Å²) in [6, 6.07) is 22.2. The molecule has 0 atom stereocenters. The Morgan fingerprint density at radius 2 is 1.55 bits per heavy atom. The van der Waals surface area contributed by atoms with Crippen LogP contribution < -0.4 is 30.5 Å². The number of para-hydroxylation sites is 1. The highest BCUT2D eigenvalue weighted by Crippen LogP contribution is 2.39. The van der Waals surface area contributed by atoms with Gasteiger partial charge in [0.25, 0.3) is 0 Å². The summed E-state index contributed by atoms with van der Waals surface area (Å²) < 4.78 is 11.1. The van der Waals surface area contributed by atoms with Crippen molar-refractivity contribution in [3.8, 4) is 22.8 Å². The predicted molar refractivity (Wildman–Crippen MR) is 156 cm³/mol. The van der Waals surface area contributed by atoms with Crippen molar-refractivity contribution in [2.24, 2.45) is 0 Å². The Kier molecular flexibility index (Phi) is 9.35. The third-order valence-electron chi connectivity index (χ3n) is 5.91. The zero-order valence-electron chi connectivity index (χ0n) is 21.1. The zero-order chi connectivity index (χ0) is 26.9. The average molecular weight is 554 g/mol. The monoisotopic (exact) mass is 553 g/mol. The molecule has 3 aromatic carbocycles. The molecule has 0 aliphatic heterocycles. The van der Waals surface area contributed by atoms with Crippen LogP contribution in [0.15, 0.2) is 72.8 Å². The van der Waals surface area contributed by atoms with E-state index >= 15 is 0 Å². The van der Waals surface area contributed by atoms with E-state index in [0.717, 1.165) is 16.6 Å². The summed E-state index contributed by atoms with van der Waals surface area (Å²) in [6.45, 7) is 1.38. The Morgan fingerprint density at radius 3 is 2.18 bits per heavy atom. The smallest absolute Gasteiger partial charge is 0.337 e. The van der Waals surface area contributed by atoms with E-state index in [-0.39, 0.29) is 0 Å². The molecule has 4 aromatic rings. The van der Waals surface area contributed by atoms with E-state index in [4.69, 9.17) is 37.7 Å². The molecule has 0 aliphatic carbocycles. The number of methoxy groups -OCH3 is 2. The maximum Gasteiger partial charge on any atom is 0.337 e. The van der Waals surface area contributed by atoms with Gasteiger partial charge in [-0.05, 0) is 48.5 Å². The first-order valence-electron chi connectivity index (χ1n) is 12.0. The molecule has 0 unspecified atom stereocenters. The first kappa shape index (κ1) is 27.2.